The van der Waals surface area contributed by atoms with Crippen molar-refractivity contribution in [2.24, 2.45) is 0 Å². The average molecular weight is 917 g/mol. The van der Waals surface area contributed by atoms with E-state index in [9.17, 15) is 26.3 Å². The number of fused-ring (bicyclic) bond motifs is 2. The number of hydrogen-bond acceptors (Lipinski definition) is 2. The van der Waals surface area contributed by atoms with E-state index in [1.165, 1.54) is 24.3 Å². The van der Waals surface area contributed by atoms with Crippen LogP contribution in [-0.2, 0) is 12.4 Å². The number of anilines is 4. The number of aromatic nitrogens is 2. The highest BCUT2D eigenvalue weighted by atomic mass is 79.9. The predicted molar refractivity (Wildman–Crippen MR) is 209 cm³/mol. The van der Waals surface area contributed by atoms with Gasteiger partial charge in [0.05, 0.1) is 33.3 Å². The Labute approximate surface area is 352 Å². The van der Waals surface area contributed by atoms with Gasteiger partial charge in [-0.05, 0) is 96.1 Å². The van der Waals surface area contributed by atoms with Crippen molar-refractivity contribution in [2.45, 2.75) is 12.4 Å². The molecule has 294 valence electrons. The van der Waals surface area contributed by atoms with E-state index < -0.39 is 23.5 Å². The highest BCUT2D eigenvalue weighted by Crippen LogP contribution is 2.36. The molecule has 0 aliphatic heterocycles. The smallest absolute Gasteiger partial charge is 0.416 e. The maximum absolute atomic E-state index is 13.2. The van der Waals surface area contributed by atoms with E-state index in [1.807, 2.05) is 97.0 Å². The lowest BCUT2D eigenvalue weighted by molar-refractivity contribution is -0.567. The molecule has 4 nitrogen and oxygen atoms in total. The highest BCUT2D eigenvalue weighted by Gasteiger charge is 2.31. The lowest BCUT2D eigenvalue weighted by atomic mass is 10.0. The zero-order valence-corrected chi connectivity index (χ0v) is 34.2. The van der Waals surface area contributed by atoms with Gasteiger partial charge in [-0.2, -0.15) is 35.5 Å². The number of benzene rings is 6. The van der Waals surface area contributed by atoms with Gasteiger partial charge in [-0.25, -0.2) is 0 Å². The van der Waals surface area contributed by atoms with Crippen LogP contribution in [0.25, 0.3) is 44.3 Å². The Morgan fingerprint density at radius 2 is 0.724 bits per heavy atom. The summed E-state index contributed by atoms with van der Waals surface area (Å²) in [6.45, 7) is 0. The van der Waals surface area contributed by atoms with Crippen molar-refractivity contribution < 1.29 is 69.4 Å². The minimum Gasteiger partial charge on any atom is -1.00 e. The van der Waals surface area contributed by atoms with Gasteiger partial charge in [0.25, 0.3) is 0 Å². The molecule has 0 N–H and O–H groups in total. The Kier molecular flexibility index (Phi) is 12.0. The van der Waals surface area contributed by atoms with Crippen molar-refractivity contribution in [1.82, 2.24) is 0 Å². The third kappa shape index (κ3) is 8.17. The molecule has 0 fully saturated rings. The Morgan fingerprint density at radius 1 is 0.397 bits per heavy atom. The van der Waals surface area contributed by atoms with Crippen molar-refractivity contribution in [3.63, 3.8) is 0 Å². The molecule has 0 atom stereocenters. The molecule has 8 aromatic rings. The van der Waals surface area contributed by atoms with Gasteiger partial charge in [-0.15, -0.1) is 0 Å². The zero-order chi connectivity index (χ0) is 39.2. The summed E-state index contributed by atoms with van der Waals surface area (Å²) in [7, 11) is 3.69. The van der Waals surface area contributed by atoms with Crippen LogP contribution in [0.1, 0.15) is 11.1 Å². The predicted octanol–water partition coefficient (Wildman–Crippen LogP) is 5.79. The first-order valence-corrected chi connectivity index (χ1v) is 17.8. The van der Waals surface area contributed by atoms with Gasteiger partial charge in [0, 0.05) is 74.0 Å². The first-order valence-electron chi connectivity index (χ1n) is 17.8. The molecular formula is C46H34Br2F6N4. The van der Waals surface area contributed by atoms with Gasteiger partial charge in [0.15, 0.2) is 12.4 Å². The highest BCUT2D eigenvalue weighted by molar-refractivity contribution is 5.93. The van der Waals surface area contributed by atoms with E-state index >= 15 is 0 Å². The van der Waals surface area contributed by atoms with E-state index in [2.05, 4.69) is 57.7 Å². The summed E-state index contributed by atoms with van der Waals surface area (Å²) in [6, 6.07) is 46.6. The molecule has 58 heavy (non-hydrogen) atoms. The first-order chi connectivity index (χ1) is 26.9. The van der Waals surface area contributed by atoms with Gasteiger partial charge < -0.3 is 43.8 Å². The SMILES string of the molecule is CN(c1ccc(C(F)(F)F)cc1)c1cc[n+](-c2ccc(-c3ccc(-[n+]4ccc(N(C)c5ccc(C(F)(F)F)cc5)c5ccccc54)cc3)cc2)c2ccccc12.[Br-].[Br-]. The molecular weight excluding hydrogens is 882 g/mol. The zero-order valence-electron chi connectivity index (χ0n) is 31.0. The number of alkyl halides is 6. The molecule has 0 saturated heterocycles. The third-order valence-electron chi connectivity index (χ3n) is 10.2. The van der Waals surface area contributed by atoms with Gasteiger partial charge in [0.2, 0.25) is 22.4 Å². The molecule has 0 spiro atoms. The molecule has 0 unspecified atom stereocenters. The van der Waals surface area contributed by atoms with Crippen LogP contribution in [0.5, 0.6) is 0 Å². The summed E-state index contributed by atoms with van der Waals surface area (Å²) in [5, 5.41) is 1.89. The molecule has 0 radical (unpaired) electrons. The summed E-state index contributed by atoms with van der Waals surface area (Å²) >= 11 is 0. The first kappa shape index (κ1) is 41.9. The van der Waals surface area contributed by atoms with Crippen LogP contribution in [0, 0.1) is 0 Å². The number of pyridine rings is 2. The Hall–Kier alpha value is -5.72. The second kappa shape index (κ2) is 16.6. The van der Waals surface area contributed by atoms with E-state index in [-0.39, 0.29) is 34.0 Å². The Morgan fingerprint density at radius 3 is 1.05 bits per heavy atom. The van der Waals surface area contributed by atoms with E-state index in [1.54, 1.807) is 0 Å². The fourth-order valence-electron chi connectivity index (χ4n) is 7.12. The van der Waals surface area contributed by atoms with E-state index in [4.69, 9.17) is 0 Å². The fourth-order valence-corrected chi connectivity index (χ4v) is 7.12. The summed E-state index contributed by atoms with van der Waals surface area (Å²) in [6.07, 6.45) is -4.85. The third-order valence-corrected chi connectivity index (χ3v) is 10.2. The van der Waals surface area contributed by atoms with Crippen LogP contribution in [0.2, 0.25) is 0 Å². The molecule has 0 bridgehead atoms. The molecule has 0 aliphatic rings. The van der Waals surface area contributed by atoms with Crippen LogP contribution in [-0.4, -0.2) is 14.1 Å². The van der Waals surface area contributed by atoms with Crippen LogP contribution in [0.4, 0.5) is 49.1 Å². The maximum atomic E-state index is 13.2. The summed E-state index contributed by atoms with van der Waals surface area (Å²) < 4.78 is 83.2. The topological polar surface area (TPSA) is 14.2 Å². The molecule has 0 amide bonds. The molecule has 12 heteroatoms. The Balaban J connectivity index is 0.00000283. The summed E-state index contributed by atoms with van der Waals surface area (Å²) in [5.41, 5.74) is 7.50. The number of para-hydroxylation sites is 2. The van der Waals surface area contributed by atoms with Gasteiger partial charge in [0.1, 0.15) is 0 Å². The lowest BCUT2D eigenvalue weighted by Gasteiger charge is -2.21. The molecule has 6 aromatic carbocycles. The van der Waals surface area contributed by atoms with Crippen molar-refractivity contribution in [1.29, 1.82) is 0 Å². The van der Waals surface area contributed by atoms with E-state index in [0.29, 0.717) is 11.4 Å². The number of halogens is 8. The molecule has 2 aromatic heterocycles. The monoisotopic (exact) mass is 914 g/mol. The molecule has 0 saturated carbocycles. The standard InChI is InChI=1S/C46H34F6N4.2BrH/c1-53(35-23-15-33(16-24-35)45(47,48)49)41-27-29-55(43-9-5-3-7-39(41)43)37-19-11-31(12-20-37)32-13-21-38(22-14-32)56-30-28-42(40-8-4-6-10-44(40)56)54(2)36-25-17-34(18-26-36)46(50,51)52;;/h3-30H,1-2H3;2*1H/q+2;;/p-2. The van der Waals surface area contributed by atoms with Crippen molar-refractivity contribution in [3.05, 3.63) is 181 Å². The van der Waals surface area contributed by atoms with Gasteiger partial charge in [-0.3, -0.25) is 0 Å². The van der Waals surface area contributed by atoms with Crippen molar-refractivity contribution >= 4 is 44.6 Å². The average Bonchev–Trinajstić information content (AvgIpc) is 3.22. The summed E-state index contributed by atoms with van der Waals surface area (Å²) in [5.74, 6) is 0. The second-order valence-corrected chi connectivity index (χ2v) is 13.5. The normalized spacial score (nSPS) is 11.5. The summed E-state index contributed by atoms with van der Waals surface area (Å²) in [4.78, 5) is 3.77. The van der Waals surface area contributed by atoms with Gasteiger partial charge >= 0.3 is 12.4 Å². The minimum atomic E-state index is -4.40. The molecule has 2 heterocycles. The second-order valence-electron chi connectivity index (χ2n) is 13.5. The van der Waals surface area contributed by atoms with Crippen LogP contribution in [0.15, 0.2) is 170 Å². The number of hydrogen-bond donors (Lipinski definition) is 0. The minimum absolute atomic E-state index is 0. The van der Waals surface area contributed by atoms with E-state index in [0.717, 1.165) is 79.9 Å². The largest absolute Gasteiger partial charge is 1.00 e. The van der Waals surface area contributed by atoms with Crippen molar-refractivity contribution in [2.75, 3.05) is 23.9 Å². The quantitative estimate of drug-likeness (QED) is 0.149. The number of nitrogens with zero attached hydrogens (tertiary/aromatic N) is 4. The van der Waals surface area contributed by atoms with Crippen LogP contribution < -0.4 is 52.9 Å². The number of rotatable bonds is 7. The maximum Gasteiger partial charge on any atom is 0.416 e. The van der Waals surface area contributed by atoms with Crippen molar-refractivity contribution in [3.8, 4) is 22.5 Å². The molecule has 8 rings (SSSR count). The molecule has 0 aliphatic carbocycles. The lowest BCUT2D eigenvalue weighted by Crippen LogP contribution is -3.00. The fraction of sp³-hybridized carbons (Fsp3) is 0.0870. The van der Waals surface area contributed by atoms with Crippen LogP contribution >= 0.6 is 0 Å². The Bertz CT molecular complexity index is 2500. The van der Waals surface area contributed by atoms with Gasteiger partial charge in [-0.1, -0.05) is 24.3 Å². The van der Waals surface area contributed by atoms with Crippen LogP contribution in [0.3, 0.4) is 0 Å².